The third-order valence-electron chi connectivity index (χ3n) is 1.01. The van der Waals surface area contributed by atoms with Crippen LogP contribution in [0.4, 0.5) is 0 Å². The van der Waals surface area contributed by atoms with Crippen molar-refractivity contribution in [3.8, 4) is 0 Å². The zero-order valence-electron chi connectivity index (χ0n) is 5.78. The molecule has 0 radical (unpaired) electrons. The van der Waals surface area contributed by atoms with Gasteiger partial charge in [-0.1, -0.05) is 0 Å². The van der Waals surface area contributed by atoms with Gasteiger partial charge >= 0.3 is 5.97 Å². The van der Waals surface area contributed by atoms with Crippen LogP contribution >= 0.6 is 12.6 Å². The van der Waals surface area contributed by atoms with Crippen molar-refractivity contribution in [2.24, 2.45) is 0 Å². The smallest absolute Gasteiger partial charge is 0.321 e. The van der Waals surface area contributed by atoms with Crippen LogP contribution in [0, 0.1) is 0 Å². The number of aliphatic carboxylic acids is 1. The highest BCUT2D eigenvalue weighted by atomic mass is 32.1. The van der Waals surface area contributed by atoms with E-state index in [-0.39, 0.29) is 12.4 Å². The number of amides is 1. The van der Waals surface area contributed by atoms with Crippen LogP contribution in [0.1, 0.15) is 0 Å². The Hall–Kier alpha value is -0.750. The van der Waals surface area contributed by atoms with Crippen molar-refractivity contribution < 1.29 is 14.7 Å². The third kappa shape index (κ3) is 4.63. The van der Waals surface area contributed by atoms with Gasteiger partial charge < -0.3 is 10.4 Å². The van der Waals surface area contributed by atoms with Gasteiger partial charge in [-0.2, -0.15) is 12.6 Å². The minimum Gasteiger partial charge on any atom is -0.480 e. The van der Waals surface area contributed by atoms with Crippen LogP contribution in [0.3, 0.4) is 0 Å². The van der Waals surface area contributed by atoms with E-state index in [0.29, 0.717) is 6.41 Å². The average molecular weight is 178 g/mol. The number of carbonyl (C=O) groups is 2. The van der Waals surface area contributed by atoms with E-state index in [9.17, 15) is 9.59 Å². The minimum atomic E-state index is -0.979. The lowest BCUT2D eigenvalue weighted by Crippen LogP contribution is -2.42. The van der Waals surface area contributed by atoms with E-state index in [4.69, 9.17) is 5.11 Å². The summed E-state index contributed by atoms with van der Waals surface area (Å²) in [6.45, 7) is 0.140. The molecule has 6 heteroatoms. The molecule has 0 rings (SSSR count). The fourth-order valence-corrected chi connectivity index (χ4v) is 0.739. The Bertz CT molecular complexity index is 142. The zero-order valence-corrected chi connectivity index (χ0v) is 6.67. The maximum absolute atomic E-state index is 10.3. The Labute approximate surface area is 69.6 Å². The normalized spacial score (nSPS) is 12.1. The number of hydrogen-bond donors (Lipinski definition) is 4. The van der Waals surface area contributed by atoms with E-state index in [1.165, 1.54) is 0 Å². The molecule has 3 N–H and O–H groups in total. The Morgan fingerprint density at radius 2 is 2.36 bits per heavy atom. The number of carboxylic acid groups (broad SMARTS) is 1. The first-order chi connectivity index (χ1) is 5.22. The van der Waals surface area contributed by atoms with Crippen molar-refractivity contribution in [3.63, 3.8) is 0 Å². The van der Waals surface area contributed by atoms with Crippen molar-refractivity contribution >= 4 is 25.0 Å². The van der Waals surface area contributed by atoms with E-state index >= 15 is 0 Å². The summed E-state index contributed by atoms with van der Waals surface area (Å²) in [5.74, 6) is -0.789. The maximum atomic E-state index is 10.3. The molecule has 0 saturated carbocycles. The highest BCUT2D eigenvalue weighted by Crippen LogP contribution is 1.85. The van der Waals surface area contributed by atoms with Gasteiger partial charge in [-0.25, -0.2) is 0 Å². The summed E-state index contributed by atoms with van der Waals surface area (Å²) in [6.07, 6.45) is 0.491. The van der Waals surface area contributed by atoms with Crippen molar-refractivity contribution in [1.29, 1.82) is 0 Å². The number of thiol groups is 1. The molecule has 11 heavy (non-hydrogen) atoms. The number of carbonyl (C=O) groups excluding carboxylic acids is 1. The number of carboxylic acids is 1. The van der Waals surface area contributed by atoms with Crippen LogP contribution in [0.25, 0.3) is 0 Å². The molecule has 0 bridgehead atoms. The second-order valence-corrected chi connectivity index (χ2v) is 2.14. The first-order valence-corrected chi connectivity index (χ1v) is 3.59. The largest absolute Gasteiger partial charge is 0.480 e. The van der Waals surface area contributed by atoms with Crippen LogP contribution in [0.5, 0.6) is 0 Å². The van der Waals surface area contributed by atoms with Gasteiger partial charge in [0, 0.05) is 5.75 Å². The predicted molar refractivity (Wildman–Crippen MR) is 42.5 cm³/mol. The molecule has 0 heterocycles. The highest BCUT2D eigenvalue weighted by Gasteiger charge is 2.12. The quantitative estimate of drug-likeness (QED) is 0.176. The van der Waals surface area contributed by atoms with Gasteiger partial charge in [-0.15, -0.1) is 0 Å². The molecule has 0 aliphatic rings. The number of hydrogen-bond acceptors (Lipinski definition) is 4. The SMILES string of the molecule is O=CNCN[C@@H](CS)C(=O)O. The molecular weight excluding hydrogens is 168 g/mol. The van der Waals surface area contributed by atoms with E-state index in [0.717, 1.165) is 0 Å². The van der Waals surface area contributed by atoms with Crippen LogP contribution in [0.15, 0.2) is 0 Å². The van der Waals surface area contributed by atoms with E-state index < -0.39 is 12.0 Å². The fourth-order valence-electron chi connectivity index (χ4n) is 0.454. The molecular formula is C5H10N2O3S. The van der Waals surface area contributed by atoms with Crippen LogP contribution in [0.2, 0.25) is 0 Å². The molecule has 1 atom stereocenters. The highest BCUT2D eigenvalue weighted by molar-refractivity contribution is 7.80. The fraction of sp³-hybridized carbons (Fsp3) is 0.600. The Kier molecular flexibility index (Phi) is 5.58. The van der Waals surface area contributed by atoms with E-state index in [1.807, 2.05) is 0 Å². The van der Waals surface area contributed by atoms with E-state index in [1.54, 1.807) is 0 Å². The van der Waals surface area contributed by atoms with Crippen molar-refractivity contribution in [2.75, 3.05) is 12.4 Å². The summed E-state index contributed by atoms with van der Waals surface area (Å²) in [5, 5.41) is 13.3. The van der Waals surface area contributed by atoms with Crippen molar-refractivity contribution in [2.45, 2.75) is 6.04 Å². The first kappa shape index (κ1) is 10.2. The molecule has 5 nitrogen and oxygen atoms in total. The Balaban J connectivity index is 3.52. The van der Waals surface area contributed by atoms with Crippen LogP contribution in [-0.4, -0.2) is 35.9 Å². The maximum Gasteiger partial charge on any atom is 0.321 e. The summed E-state index contributed by atoms with van der Waals surface area (Å²) in [5.41, 5.74) is 0. The van der Waals surface area contributed by atoms with Crippen molar-refractivity contribution in [3.05, 3.63) is 0 Å². The lowest BCUT2D eigenvalue weighted by Gasteiger charge is -2.09. The molecule has 0 aliphatic carbocycles. The van der Waals surface area contributed by atoms with Gasteiger partial charge in [0.25, 0.3) is 0 Å². The molecule has 0 aliphatic heterocycles. The zero-order chi connectivity index (χ0) is 8.69. The summed E-state index contributed by atoms with van der Waals surface area (Å²) in [7, 11) is 0. The minimum absolute atomic E-state index is 0.140. The Morgan fingerprint density at radius 1 is 1.73 bits per heavy atom. The Morgan fingerprint density at radius 3 is 2.73 bits per heavy atom. The van der Waals surface area contributed by atoms with E-state index in [2.05, 4.69) is 23.3 Å². The van der Waals surface area contributed by atoms with Gasteiger partial charge in [0.15, 0.2) is 0 Å². The summed E-state index contributed by atoms with van der Waals surface area (Å²) >= 11 is 3.80. The molecule has 64 valence electrons. The first-order valence-electron chi connectivity index (χ1n) is 2.96. The molecule has 1 amide bonds. The average Bonchev–Trinajstić information content (AvgIpc) is 1.97. The lowest BCUT2D eigenvalue weighted by molar-refractivity contribution is -0.139. The van der Waals surface area contributed by atoms with Gasteiger partial charge in [0.1, 0.15) is 6.04 Å². The molecule has 0 aromatic rings. The van der Waals surface area contributed by atoms with Gasteiger partial charge in [-0.05, 0) is 0 Å². The second-order valence-electron chi connectivity index (χ2n) is 1.78. The van der Waals surface area contributed by atoms with Crippen LogP contribution < -0.4 is 10.6 Å². The second kappa shape index (κ2) is 5.99. The molecule has 0 saturated heterocycles. The molecule has 0 aromatic carbocycles. The molecule has 0 fully saturated rings. The lowest BCUT2D eigenvalue weighted by atomic mass is 10.3. The molecule has 0 aromatic heterocycles. The summed E-state index contributed by atoms with van der Waals surface area (Å²) in [6, 6.07) is -0.717. The molecule has 0 spiro atoms. The predicted octanol–water partition coefficient (Wildman–Crippen LogP) is -1.34. The number of rotatable bonds is 6. The van der Waals surface area contributed by atoms with Gasteiger partial charge in [0.2, 0.25) is 6.41 Å². The summed E-state index contributed by atoms with van der Waals surface area (Å²) in [4.78, 5) is 20.0. The van der Waals surface area contributed by atoms with Gasteiger partial charge in [-0.3, -0.25) is 14.9 Å². The standard InChI is InChI=1S/C5H10N2O3S/c8-3-6-2-7-4(1-11)5(9)10/h3-4,7,11H,1-2H2,(H,6,8)(H,9,10)/t4-/m0/s1. The van der Waals surface area contributed by atoms with Gasteiger partial charge in [0.05, 0.1) is 6.67 Å². The third-order valence-corrected chi connectivity index (χ3v) is 1.38. The number of nitrogens with one attached hydrogen (secondary N) is 2. The van der Waals surface area contributed by atoms with Crippen molar-refractivity contribution in [1.82, 2.24) is 10.6 Å². The topological polar surface area (TPSA) is 78.4 Å². The molecule has 0 unspecified atom stereocenters. The van der Waals surface area contributed by atoms with Crippen LogP contribution in [-0.2, 0) is 9.59 Å². The monoisotopic (exact) mass is 178 g/mol. The summed E-state index contributed by atoms with van der Waals surface area (Å²) < 4.78 is 0.